The lowest BCUT2D eigenvalue weighted by Gasteiger charge is -2.11. The van der Waals surface area contributed by atoms with E-state index in [0.717, 1.165) is 9.37 Å². The summed E-state index contributed by atoms with van der Waals surface area (Å²) < 4.78 is 4.08. The number of thioether (sulfide) groups is 1. The molecule has 0 bridgehead atoms. The van der Waals surface area contributed by atoms with E-state index in [2.05, 4.69) is 31.2 Å². The number of carbonyl (C=O) groups is 1. The average molecular weight is 498 g/mol. The van der Waals surface area contributed by atoms with Crippen LogP contribution in [0.1, 0.15) is 35.9 Å². The molecule has 31 heavy (non-hydrogen) atoms. The van der Waals surface area contributed by atoms with Crippen molar-refractivity contribution < 1.29 is 4.79 Å². The average Bonchev–Trinajstić information content (AvgIpc) is 3.18. The number of amides is 1. The summed E-state index contributed by atoms with van der Waals surface area (Å²) in [7, 11) is 0. The van der Waals surface area contributed by atoms with Gasteiger partial charge < -0.3 is 5.32 Å². The Morgan fingerprint density at radius 3 is 2.74 bits per heavy atom. The second-order valence-corrected chi connectivity index (χ2v) is 9.10. The van der Waals surface area contributed by atoms with Crippen molar-refractivity contribution in [2.45, 2.75) is 30.5 Å². The van der Waals surface area contributed by atoms with Crippen molar-refractivity contribution in [3.63, 3.8) is 0 Å². The molecule has 4 rings (SSSR count). The Labute approximate surface area is 191 Å². The number of aromatic nitrogens is 4. The minimum Gasteiger partial charge on any atom is -0.321 e. The van der Waals surface area contributed by atoms with Crippen LogP contribution >= 0.6 is 27.7 Å². The van der Waals surface area contributed by atoms with E-state index in [0.29, 0.717) is 28.5 Å². The fraction of sp³-hybridized carbons (Fsp3) is 0.182. The SMILES string of the molecule is CC(C)n1cnc2nc(CSc3ccccc3NC(=O)c3cccc(Br)c3)cc(=O)n21. The zero-order valence-electron chi connectivity index (χ0n) is 16.9. The molecular formula is C22H20BrN5O2S. The molecule has 0 saturated heterocycles. The van der Waals surface area contributed by atoms with Gasteiger partial charge in [-0.25, -0.2) is 4.98 Å². The maximum Gasteiger partial charge on any atom is 0.274 e. The van der Waals surface area contributed by atoms with Gasteiger partial charge in [0.1, 0.15) is 6.33 Å². The number of nitrogens with one attached hydrogen (secondary N) is 1. The topological polar surface area (TPSA) is 81.3 Å². The molecule has 1 N–H and O–H groups in total. The first-order chi connectivity index (χ1) is 14.9. The number of carbonyl (C=O) groups excluding carboxylic acids is 1. The molecule has 9 heteroatoms. The number of para-hydroxylation sites is 1. The summed E-state index contributed by atoms with van der Waals surface area (Å²) in [5.74, 6) is 0.670. The van der Waals surface area contributed by atoms with Crippen LogP contribution in [-0.4, -0.2) is 25.1 Å². The van der Waals surface area contributed by atoms with E-state index in [1.54, 1.807) is 23.1 Å². The first-order valence-electron chi connectivity index (χ1n) is 9.67. The fourth-order valence-corrected chi connectivity index (χ4v) is 4.38. The molecule has 0 aliphatic carbocycles. The van der Waals surface area contributed by atoms with Crippen LogP contribution in [0.4, 0.5) is 5.69 Å². The minimum absolute atomic E-state index is 0.102. The Morgan fingerprint density at radius 1 is 1.16 bits per heavy atom. The van der Waals surface area contributed by atoms with Crippen molar-refractivity contribution in [2.24, 2.45) is 0 Å². The first-order valence-corrected chi connectivity index (χ1v) is 11.4. The van der Waals surface area contributed by atoms with Crippen LogP contribution < -0.4 is 10.9 Å². The highest BCUT2D eigenvalue weighted by Crippen LogP contribution is 2.29. The summed E-state index contributed by atoms with van der Waals surface area (Å²) in [4.78, 5) is 34.9. The third-order valence-electron chi connectivity index (χ3n) is 4.58. The van der Waals surface area contributed by atoms with Gasteiger partial charge in [0.2, 0.25) is 0 Å². The molecular weight excluding hydrogens is 478 g/mol. The number of halogens is 1. The zero-order valence-corrected chi connectivity index (χ0v) is 19.4. The number of fused-ring (bicyclic) bond motifs is 1. The van der Waals surface area contributed by atoms with Crippen LogP contribution in [0, 0.1) is 0 Å². The molecule has 0 aliphatic heterocycles. The number of hydrogen-bond acceptors (Lipinski definition) is 5. The van der Waals surface area contributed by atoms with E-state index in [1.807, 2.05) is 50.2 Å². The zero-order chi connectivity index (χ0) is 22.0. The number of nitrogens with zero attached hydrogens (tertiary/aromatic N) is 4. The van der Waals surface area contributed by atoms with E-state index >= 15 is 0 Å². The molecule has 2 aromatic carbocycles. The van der Waals surface area contributed by atoms with Crippen molar-refractivity contribution in [3.05, 3.63) is 87.0 Å². The molecule has 0 atom stereocenters. The largest absolute Gasteiger partial charge is 0.321 e. The Kier molecular flexibility index (Phi) is 6.24. The third kappa shape index (κ3) is 4.72. The summed E-state index contributed by atoms with van der Waals surface area (Å²) in [6.07, 6.45) is 1.62. The van der Waals surface area contributed by atoms with Crippen molar-refractivity contribution in [1.82, 2.24) is 19.2 Å². The summed E-state index contributed by atoms with van der Waals surface area (Å²) in [5, 5.41) is 2.96. The van der Waals surface area contributed by atoms with Gasteiger partial charge in [-0.05, 0) is 44.2 Å². The van der Waals surface area contributed by atoms with Crippen LogP contribution in [0.5, 0.6) is 0 Å². The van der Waals surface area contributed by atoms with E-state index in [4.69, 9.17) is 0 Å². The highest BCUT2D eigenvalue weighted by atomic mass is 79.9. The van der Waals surface area contributed by atoms with Crippen LogP contribution in [0.2, 0.25) is 0 Å². The van der Waals surface area contributed by atoms with Crippen molar-refractivity contribution in [1.29, 1.82) is 0 Å². The third-order valence-corrected chi connectivity index (χ3v) is 6.18. The molecule has 2 aromatic heterocycles. The van der Waals surface area contributed by atoms with Gasteiger partial charge in [0.05, 0.1) is 11.4 Å². The summed E-state index contributed by atoms with van der Waals surface area (Å²) in [6, 6.07) is 16.4. The Bertz CT molecular complexity index is 1310. The Morgan fingerprint density at radius 2 is 1.97 bits per heavy atom. The fourth-order valence-electron chi connectivity index (χ4n) is 3.08. The number of anilines is 1. The standard InChI is InChI=1S/C22H20BrN5O2S/c1-14(2)27-13-24-22-25-17(11-20(29)28(22)27)12-31-19-9-4-3-8-18(19)26-21(30)15-6-5-7-16(23)10-15/h3-11,13-14H,12H2,1-2H3,(H,26,30). The Balaban J connectivity index is 1.53. The molecule has 0 radical (unpaired) electrons. The lowest BCUT2D eigenvalue weighted by Crippen LogP contribution is -2.22. The molecule has 158 valence electrons. The second kappa shape index (κ2) is 9.07. The number of benzene rings is 2. The first kappa shape index (κ1) is 21.3. The van der Waals surface area contributed by atoms with Gasteiger partial charge in [0.25, 0.3) is 17.2 Å². The van der Waals surface area contributed by atoms with Gasteiger partial charge in [-0.1, -0.05) is 34.1 Å². The van der Waals surface area contributed by atoms with Crippen molar-refractivity contribution in [3.8, 4) is 0 Å². The van der Waals surface area contributed by atoms with Gasteiger partial charge in [-0.2, -0.15) is 9.50 Å². The molecule has 0 aliphatic rings. The van der Waals surface area contributed by atoms with Crippen LogP contribution in [-0.2, 0) is 5.75 Å². The molecule has 0 spiro atoms. The minimum atomic E-state index is -0.189. The van der Waals surface area contributed by atoms with Crippen LogP contribution in [0.15, 0.2) is 75.1 Å². The predicted molar refractivity (Wildman–Crippen MR) is 126 cm³/mol. The van der Waals surface area contributed by atoms with Crippen LogP contribution in [0.3, 0.4) is 0 Å². The monoisotopic (exact) mass is 497 g/mol. The van der Waals surface area contributed by atoms with Gasteiger partial charge >= 0.3 is 0 Å². The number of hydrogen-bond donors (Lipinski definition) is 1. The predicted octanol–water partition coefficient (Wildman–Crippen LogP) is 4.78. The van der Waals surface area contributed by atoms with Crippen molar-refractivity contribution >= 4 is 45.1 Å². The normalized spacial score (nSPS) is 11.2. The molecule has 2 heterocycles. The van der Waals surface area contributed by atoms with E-state index in [-0.39, 0.29) is 17.5 Å². The van der Waals surface area contributed by atoms with Gasteiger partial charge in [-0.3, -0.25) is 14.3 Å². The lowest BCUT2D eigenvalue weighted by atomic mass is 10.2. The number of rotatable bonds is 6. The molecule has 1 amide bonds. The molecule has 0 unspecified atom stereocenters. The van der Waals surface area contributed by atoms with E-state index < -0.39 is 0 Å². The summed E-state index contributed by atoms with van der Waals surface area (Å²) >= 11 is 4.89. The summed E-state index contributed by atoms with van der Waals surface area (Å²) in [6.45, 7) is 3.97. The van der Waals surface area contributed by atoms with E-state index in [9.17, 15) is 9.59 Å². The second-order valence-electron chi connectivity index (χ2n) is 7.17. The maximum absolute atomic E-state index is 12.6. The van der Waals surface area contributed by atoms with Gasteiger partial charge in [0, 0.05) is 32.8 Å². The quantitative estimate of drug-likeness (QED) is 0.387. The van der Waals surface area contributed by atoms with Gasteiger partial charge in [0.15, 0.2) is 0 Å². The highest BCUT2D eigenvalue weighted by molar-refractivity contribution is 9.10. The van der Waals surface area contributed by atoms with Crippen LogP contribution in [0.25, 0.3) is 5.78 Å². The molecule has 4 aromatic rings. The molecule has 0 fully saturated rings. The summed E-state index contributed by atoms with van der Waals surface area (Å²) in [5.41, 5.74) is 1.74. The maximum atomic E-state index is 12.6. The highest BCUT2D eigenvalue weighted by Gasteiger charge is 2.13. The Hall–Kier alpha value is -2.91. The molecule has 7 nitrogen and oxygen atoms in total. The van der Waals surface area contributed by atoms with Crippen molar-refractivity contribution in [2.75, 3.05) is 5.32 Å². The molecule has 0 saturated carbocycles. The van der Waals surface area contributed by atoms with Gasteiger partial charge in [-0.15, -0.1) is 11.8 Å². The smallest absolute Gasteiger partial charge is 0.274 e. The lowest BCUT2D eigenvalue weighted by molar-refractivity contribution is 0.102. The van der Waals surface area contributed by atoms with E-state index in [1.165, 1.54) is 22.3 Å².